The summed E-state index contributed by atoms with van der Waals surface area (Å²) in [5, 5.41) is 6.88. The number of benzene rings is 1. The number of alkyl halides is 3. The first-order valence-electron chi connectivity index (χ1n) is 12.2. The average molecular weight is 478 g/mol. The van der Waals surface area contributed by atoms with E-state index in [0.29, 0.717) is 24.1 Å². The average Bonchev–Trinajstić information content (AvgIpc) is 2.80. The molecule has 1 fully saturated rings. The van der Waals surface area contributed by atoms with Crippen LogP contribution in [-0.2, 0) is 19.4 Å². The lowest BCUT2D eigenvalue weighted by molar-refractivity contribution is -0.274. The Morgan fingerprint density at radius 3 is 2.50 bits per heavy atom. The van der Waals surface area contributed by atoms with Crippen LogP contribution in [0.3, 0.4) is 0 Å². The van der Waals surface area contributed by atoms with Crippen molar-refractivity contribution in [3.05, 3.63) is 41.1 Å². The van der Waals surface area contributed by atoms with Gasteiger partial charge in [-0.05, 0) is 69.9 Å². The van der Waals surface area contributed by atoms with Crippen LogP contribution in [0.5, 0.6) is 5.75 Å². The van der Waals surface area contributed by atoms with Gasteiger partial charge in [0.05, 0.1) is 5.69 Å². The third-order valence-electron chi connectivity index (χ3n) is 6.71. The summed E-state index contributed by atoms with van der Waals surface area (Å²) < 4.78 is 42.0. The quantitative estimate of drug-likeness (QED) is 0.553. The highest BCUT2D eigenvalue weighted by Crippen LogP contribution is 2.31. The molecule has 0 amide bonds. The molecule has 2 aromatic rings. The molecular weight excluding hydrogens is 443 g/mol. The van der Waals surface area contributed by atoms with Crippen LogP contribution >= 0.6 is 0 Å². The molecule has 1 aromatic heterocycles. The molecule has 0 radical (unpaired) electrons. The number of fused-ring (bicyclic) bond motifs is 1. The molecule has 2 N–H and O–H groups in total. The van der Waals surface area contributed by atoms with E-state index in [0.717, 1.165) is 56.8 Å². The lowest BCUT2D eigenvalue weighted by Gasteiger charge is -2.30. The summed E-state index contributed by atoms with van der Waals surface area (Å²) in [5.74, 6) is 2.11. The lowest BCUT2D eigenvalue weighted by Crippen LogP contribution is -2.32. The number of nitrogens with one attached hydrogen (secondary N) is 2. The van der Waals surface area contributed by atoms with Crippen molar-refractivity contribution in [3.8, 4) is 5.75 Å². The molecule has 0 saturated heterocycles. The van der Waals surface area contributed by atoms with E-state index in [1.54, 1.807) is 18.2 Å². The Morgan fingerprint density at radius 1 is 1.03 bits per heavy atom. The predicted octanol–water partition coefficient (Wildman–Crippen LogP) is 5.08. The first-order valence-corrected chi connectivity index (χ1v) is 12.2. The summed E-state index contributed by atoms with van der Waals surface area (Å²) in [7, 11) is 4.07. The van der Waals surface area contributed by atoms with Gasteiger partial charge in [-0.2, -0.15) is 4.98 Å². The SMILES string of the molecule is CN(C)c1nc(N[C@H]2CC[C@@H](CNCc3ccccc3OC(F)(F)F)CC2)nc2c1CCCC2. The largest absolute Gasteiger partial charge is 0.573 e. The van der Waals surface area contributed by atoms with Crippen LogP contribution in [0.4, 0.5) is 24.9 Å². The van der Waals surface area contributed by atoms with E-state index < -0.39 is 6.36 Å². The van der Waals surface area contributed by atoms with E-state index in [1.165, 1.54) is 30.2 Å². The summed E-state index contributed by atoms with van der Waals surface area (Å²) in [6.45, 7) is 1.12. The van der Waals surface area contributed by atoms with Gasteiger partial charge in [0, 0.05) is 37.8 Å². The lowest BCUT2D eigenvalue weighted by atomic mass is 9.86. The fourth-order valence-corrected chi connectivity index (χ4v) is 4.99. The topological polar surface area (TPSA) is 62.3 Å². The van der Waals surface area contributed by atoms with Crippen LogP contribution in [0.2, 0.25) is 0 Å². The Labute approximate surface area is 199 Å². The number of aromatic nitrogens is 2. The molecule has 2 aliphatic carbocycles. The number of anilines is 2. The van der Waals surface area contributed by atoms with Crippen molar-refractivity contribution in [3.63, 3.8) is 0 Å². The highest BCUT2D eigenvalue weighted by Gasteiger charge is 2.32. The second kappa shape index (κ2) is 10.8. The molecule has 1 aromatic carbocycles. The van der Waals surface area contributed by atoms with Crippen LogP contribution in [0.15, 0.2) is 24.3 Å². The van der Waals surface area contributed by atoms with Gasteiger partial charge in [0.15, 0.2) is 0 Å². The minimum atomic E-state index is -4.68. The van der Waals surface area contributed by atoms with E-state index in [-0.39, 0.29) is 5.75 Å². The summed E-state index contributed by atoms with van der Waals surface area (Å²) in [5.41, 5.74) is 2.98. The number of hydrogen-bond donors (Lipinski definition) is 2. The van der Waals surface area contributed by atoms with Gasteiger partial charge in [-0.15, -0.1) is 13.2 Å². The summed E-state index contributed by atoms with van der Waals surface area (Å²) in [4.78, 5) is 11.7. The summed E-state index contributed by atoms with van der Waals surface area (Å²) in [6.07, 6.45) is 3.92. The van der Waals surface area contributed by atoms with E-state index in [4.69, 9.17) is 9.97 Å². The van der Waals surface area contributed by atoms with Crippen molar-refractivity contribution < 1.29 is 17.9 Å². The second-order valence-corrected chi connectivity index (χ2v) is 9.55. The van der Waals surface area contributed by atoms with E-state index in [9.17, 15) is 13.2 Å². The van der Waals surface area contributed by atoms with Gasteiger partial charge in [-0.1, -0.05) is 18.2 Å². The first kappa shape index (κ1) is 24.6. The van der Waals surface area contributed by atoms with Gasteiger partial charge < -0.3 is 20.3 Å². The predicted molar refractivity (Wildman–Crippen MR) is 127 cm³/mol. The fourth-order valence-electron chi connectivity index (χ4n) is 4.99. The second-order valence-electron chi connectivity index (χ2n) is 9.55. The van der Waals surface area contributed by atoms with Crippen molar-refractivity contribution in [2.75, 3.05) is 30.9 Å². The first-order chi connectivity index (χ1) is 16.3. The van der Waals surface area contributed by atoms with Crippen LogP contribution in [-0.4, -0.2) is 43.0 Å². The molecule has 34 heavy (non-hydrogen) atoms. The van der Waals surface area contributed by atoms with E-state index in [2.05, 4.69) is 20.3 Å². The highest BCUT2D eigenvalue weighted by atomic mass is 19.4. The van der Waals surface area contributed by atoms with Crippen molar-refractivity contribution >= 4 is 11.8 Å². The zero-order chi connectivity index (χ0) is 24.1. The minimum Gasteiger partial charge on any atom is -0.405 e. The van der Waals surface area contributed by atoms with Crippen LogP contribution in [0.1, 0.15) is 55.3 Å². The Bertz CT molecular complexity index is 958. The Hall–Kier alpha value is -2.55. The summed E-state index contributed by atoms with van der Waals surface area (Å²) in [6, 6.07) is 6.63. The van der Waals surface area contributed by atoms with E-state index in [1.807, 2.05) is 14.1 Å². The van der Waals surface area contributed by atoms with Gasteiger partial charge in [0.25, 0.3) is 0 Å². The number of para-hydroxylation sites is 1. The molecule has 1 saturated carbocycles. The third-order valence-corrected chi connectivity index (χ3v) is 6.71. The molecule has 0 aliphatic heterocycles. The standard InChI is InChI=1S/C25H34F3N5O/c1-33(2)23-20-8-4-5-9-21(20)31-24(32-23)30-19-13-11-17(12-14-19)15-29-16-18-7-3-6-10-22(18)34-25(26,27)28/h3,6-7,10,17,19,29H,4-5,8-9,11-16H2,1-2H3,(H,30,31,32)/t17-,19+. The van der Waals surface area contributed by atoms with Gasteiger partial charge >= 0.3 is 6.36 Å². The smallest absolute Gasteiger partial charge is 0.405 e. The highest BCUT2D eigenvalue weighted by molar-refractivity contribution is 5.52. The number of aryl methyl sites for hydroxylation is 1. The number of rotatable bonds is 8. The number of ether oxygens (including phenoxy) is 1. The molecule has 9 heteroatoms. The van der Waals surface area contributed by atoms with Crippen LogP contribution < -0.4 is 20.3 Å². The zero-order valence-corrected chi connectivity index (χ0v) is 19.9. The van der Waals surface area contributed by atoms with Gasteiger partial charge in [0.2, 0.25) is 5.95 Å². The minimum absolute atomic E-state index is 0.141. The van der Waals surface area contributed by atoms with Gasteiger partial charge in [-0.3, -0.25) is 0 Å². The van der Waals surface area contributed by atoms with Crippen LogP contribution in [0, 0.1) is 5.92 Å². The molecule has 2 aliphatic rings. The Morgan fingerprint density at radius 2 is 1.76 bits per heavy atom. The molecule has 1 heterocycles. The number of nitrogens with zero attached hydrogens (tertiary/aromatic N) is 3. The zero-order valence-electron chi connectivity index (χ0n) is 19.9. The van der Waals surface area contributed by atoms with Crippen molar-refractivity contribution in [2.45, 2.75) is 70.3 Å². The van der Waals surface area contributed by atoms with Crippen molar-refractivity contribution in [1.29, 1.82) is 0 Å². The van der Waals surface area contributed by atoms with Crippen molar-refractivity contribution in [2.24, 2.45) is 5.92 Å². The molecular formula is C25H34F3N5O. The maximum absolute atomic E-state index is 12.6. The normalized spacial score (nSPS) is 20.5. The third kappa shape index (κ3) is 6.52. The van der Waals surface area contributed by atoms with E-state index >= 15 is 0 Å². The van der Waals surface area contributed by atoms with Gasteiger partial charge in [-0.25, -0.2) is 4.98 Å². The number of hydrogen-bond acceptors (Lipinski definition) is 6. The molecule has 0 bridgehead atoms. The molecule has 0 unspecified atom stereocenters. The molecule has 186 valence electrons. The molecule has 0 atom stereocenters. The molecule has 0 spiro atoms. The monoisotopic (exact) mass is 477 g/mol. The number of halogens is 3. The summed E-state index contributed by atoms with van der Waals surface area (Å²) >= 11 is 0. The van der Waals surface area contributed by atoms with Crippen molar-refractivity contribution in [1.82, 2.24) is 15.3 Å². The van der Waals surface area contributed by atoms with Crippen LogP contribution in [0.25, 0.3) is 0 Å². The molecule has 4 rings (SSSR count). The molecule has 6 nitrogen and oxygen atoms in total. The maximum atomic E-state index is 12.6. The van der Waals surface area contributed by atoms with Gasteiger partial charge in [0.1, 0.15) is 11.6 Å². The Kier molecular flexibility index (Phi) is 7.80. The Balaban J connectivity index is 1.26. The fraction of sp³-hybridized carbons (Fsp3) is 0.600. The maximum Gasteiger partial charge on any atom is 0.573 e.